The summed E-state index contributed by atoms with van der Waals surface area (Å²) in [4.78, 5) is 27.3. The number of esters is 1. The van der Waals surface area contributed by atoms with Gasteiger partial charge in [0.2, 0.25) is 0 Å². The van der Waals surface area contributed by atoms with Crippen LogP contribution < -0.4 is 0 Å². The van der Waals surface area contributed by atoms with Crippen molar-refractivity contribution in [3.63, 3.8) is 0 Å². The fourth-order valence-electron chi connectivity index (χ4n) is 4.29. The summed E-state index contributed by atoms with van der Waals surface area (Å²) in [6, 6.07) is 7.45. The number of nitrogens with zero attached hydrogens (tertiary/aromatic N) is 3. The Kier molecular flexibility index (Phi) is 5.33. The van der Waals surface area contributed by atoms with Crippen molar-refractivity contribution in [3.8, 4) is 5.69 Å². The van der Waals surface area contributed by atoms with Crippen LogP contribution in [0.25, 0.3) is 11.8 Å². The second-order valence-corrected chi connectivity index (χ2v) is 9.45. The smallest absolute Gasteiger partial charge is 0.410 e. The Morgan fingerprint density at radius 1 is 1.19 bits per heavy atom. The number of piperidine rings is 1. The van der Waals surface area contributed by atoms with E-state index in [1.807, 2.05) is 55.8 Å². The number of amides is 1. The molecule has 4 rings (SSSR count). The van der Waals surface area contributed by atoms with Crippen molar-refractivity contribution in [1.29, 1.82) is 0 Å². The van der Waals surface area contributed by atoms with Crippen molar-refractivity contribution >= 4 is 29.7 Å². The van der Waals surface area contributed by atoms with Crippen LogP contribution in [-0.4, -0.2) is 52.5 Å². The molecule has 8 heteroatoms. The minimum absolute atomic E-state index is 0.214. The predicted molar refractivity (Wildman–Crippen MR) is 117 cm³/mol. The molecule has 1 aromatic carbocycles. The Morgan fingerprint density at radius 3 is 2.55 bits per heavy atom. The molecule has 0 radical (unpaired) electrons. The zero-order valence-electron chi connectivity index (χ0n) is 18.1. The summed E-state index contributed by atoms with van der Waals surface area (Å²) in [7, 11) is 1.38. The highest BCUT2D eigenvalue weighted by Gasteiger charge is 2.51. The van der Waals surface area contributed by atoms with Gasteiger partial charge in [0, 0.05) is 18.1 Å². The van der Waals surface area contributed by atoms with E-state index < -0.39 is 17.1 Å². The average molecular weight is 444 g/mol. The molecule has 1 fully saturated rings. The minimum atomic E-state index is -0.940. The highest BCUT2D eigenvalue weighted by Crippen LogP contribution is 2.45. The minimum Gasteiger partial charge on any atom is -0.468 e. The second kappa shape index (κ2) is 7.71. The number of halogens is 1. The first-order valence-electron chi connectivity index (χ1n) is 10.2. The number of carbonyl (C=O) groups is 2. The van der Waals surface area contributed by atoms with E-state index >= 15 is 0 Å². The molecule has 1 aliphatic carbocycles. The summed E-state index contributed by atoms with van der Waals surface area (Å²) in [5.74, 6) is -0.350. The molecule has 0 spiro atoms. The number of carbonyl (C=O) groups excluding carboxylic acids is 2. The normalized spacial score (nSPS) is 20.4. The second-order valence-electron chi connectivity index (χ2n) is 9.02. The van der Waals surface area contributed by atoms with Gasteiger partial charge in [-0.15, -0.1) is 0 Å². The topological polar surface area (TPSA) is 73.7 Å². The number of ether oxygens (including phenoxy) is 2. The van der Waals surface area contributed by atoms with E-state index in [0.717, 1.165) is 22.5 Å². The molecule has 1 atom stereocenters. The summed E-state index contributed by atoms with van der Waals surface area (Å²) in [5, 5.41) is 5.20. The molecule has 0 bridgehead atoms. The summed E-state index contributed by atoms with van der Waals surface area (Å²) < 4.78 is 12.6. The average Bonchev–Trinajstić information content (AvgIpc) is 3.12. The molecule has 1 unspecified atom stereocenters. The van der Waals surface area contributed by atoms with E-state index in [2.05, 4.69) is 5.10 Å². The van der Waals surface area contributed by atoms with Crippen molar-refractivity contribution in [3.05, 3.63) is 52.3 Å². The maximum atomic E-state index is 13.0. The van der Waals surface area contributed by atoms with Gasteiger partial charge in [0.15, 0.2) is 0 Å². The molecule has 1 aromatic heterocycles. The van der Waals surface area contributed by atoms with Crippen LogP contribution in [0.2, 0.25) is 5.02 Å². The van der Waals surface area contributed by atoms with E-state index in [1.165, 1.54) is 7.11 Å². The fourth-order valence-corrected chi connectivity index (χ4v) is 4.41. The quantitative estimate of drug-likeness (QED) is 0.648. The lowest BCUT2D eigenvalue weighted by atomic mass is 9.68. The standard InChI is InChI=1S/C23H26ClN3O4/c1-22(2,3)31-21(29)26-10-9-16-11-19-15(12-23(16,14-26)20(28)30-4)13-25-27(19)18-7-5-17(24)6-8-18/h5-8,11,13H,9-10,12,14H2,1-4H3. The Balaban J connectivity index is 1.70. The van der Waals surface area contributed by atoms with E-state index in [1.54, 1.807) is 11.1 Å². The Bertz CT molecular complexity index is 1050. The van der Waals surface area contributed by atoms with Crippen LogP contribution in [0, 0.1) is 5.41 Å². The molecule has 164 valence electrons. The predicted octanol–water partition coefficient (Wildman–Crippen LogP) is 4.27. The van der Waals surface area contributed by atoms with Crippen LogP contribution in [-0.2, 0) is 20.7 Å². The van der Waals surface area contributed by atoms with Crippen molar-refractivity contribution in [2.45, 2.75) is 39.2 Å². The number of hydrogen-bond acceptors (Lipinski definition) is 5. The zero-order valence-corrected chi connectivity index (χ0v) is 18.9. The Labute approximate surface area is 186 Å². The van der Waals surface area contributed by atoms with E-state index in [9.17, 15) is 9.59 Å². The third-order valence-corrected chi connectivity index (χ3v) is 5.97. The summed E-state index contributed by atoms with van der Waals surface area (Å²) in [5.41, 5.74) is 2.15. The molecule has 0 N–H and O–H groups in total. The van der Waals surface area contributed by atoms with E-state index in [4.69, 9.17) is 21.1 Å². The van der Waals surface area contributed by atoms with Crippen LogP contribution in [0.4, 0.5) is 4.79 Å². The van der Waals surface area contributed by atoms with Crippen molar-refractivity contribution in [2.75, 3.05) is 20.2 Å². The Morgan fingerprint density at radius 2 is 1.90 bits per heavy atom. The van der Waals surface area contributed by atoms with Gasteiger partial charge in [-0.1, -0.05) is 11.6 Å². The van der Waals surface area contributed by atoms with Gasteiger partial charge in [0.05, 0.1) is 24.7 Å². The number of rotatable bonds is 2. The first-order valence-corrected chi connectivity index (χ1v) is 10.6. The van der Waals surface area contributed by atoms with Crippen molar-refractivity contribution in [2.24, 2.45) is 5.41 Å². The van der Waals surface area contributed by atoms with Gasteiger partial charge in [0.1, 0.15) is 11.0 Å². The molecule has 1 saturated heterocycles. The SMILES string of the molecule is COC(=O)C12Cc3cnn(-c4ccc(Cl)cc4)c3C=C1CCN(C(=O)OC(C)(C)C)C2. The zero-order chi connectivity index (χ0) is 22.4. The number of benzene rings is 1. The maximum Gasteiger partial charge on any atom is 0.410 e. The summed E-state index contributed by atoms with van der Waals surface area (Å²) in [6.07, 6.45) is 4.34. The number of likely N-dealkylation sites (tertiary alicyclic amines) is 1. The molecule has 31 heavy (non-hydrogen) atoms. The van der Waals surface area contributed by atoms with Gasteiger partial charge < -0.3 is 14.4 Å². The first-order chi connectivity index (χ1) is 14.6. The fraction of sp³-hybridized carbons (Fsp3) is 0.435. The number of methoxy groups -OCH3 is 1. The van der Waals surface area contributed by atoms with E-state index in [-0.39, 0.29) is 12.5 Å². The van der Waals surface area contributed by atoms with Gasteiger partial charge in [0.25, 0.3) is 0 Å². The summed E-state index contributed by atoms with van der Waals surface area (Å²) >= 11 is 6.02. The van der Waals surface area contributed by atoms with Gasteiger partial charge >= 0.3 is 12.1 Å². The number of fused-ring (bicyclic) bond motifs is 2. The van der Waals surface area contributed by atoms with Crippen LogP contribution in [0.15, 0.2) is 36.0 Å². The molecular weight excluding hydrogens is 418 g/mol. The molecular formula is C23H26ClN3O4. The lowest BCUT2D eigenvalue weighted by molar-refractivity contribution is -0.152. The molecule has 0 saturated carbocycles. The highest BCUT2D eigenvalue weighted by atomic mass is 35.5. The highest BCUT2D eigenvalue weighted by molar-refractivity contribution is 6.30. The molecule has 1 amide bonds. The number of hydrogen-bond donors (Lipinski definition) is 0. The van der Waals surface area contributed by atoms with Crippen LogP contribution in [0.3, 0.4) is 0 Å². The first kappa shape index (κ1) is 21.4. The largest absolute Gasteiger partial charge is 0.468 e. The lowest BCUT2D eigenvalue weighted by Crippen LogP contribution is -2.54. The molecule has 2 heterocycles. The Hall–Kier alpha value is -2.80. The van der Waals surface area contributed by atoms with Crippen LogP contribution in [0.1, 0.15) is 38.4 Å². The van der Waals surface area contributed by atoms with Crippen LogP contribution >= 0.6 is 11.6 Å². The molecule has 7 nitrogen and oxygen atoms in total. The molecule has 2 aliphatic rings. The summed E-state index contributed by atoms with van der Waals surface area (Å²) in [6.45, 7) is 6.17. The maximum absolute atomic E-state index is 13.0. The van der Waals surface area contributed by atoms with Gasteiger partial charge in [-0.05, 0) is 75.1 Å². The van der Waals surface area contributed by atoms with Gasteiger partial charge in [-0.2, -0.15) is 5.10 Å². The third kappa shape index (κ3) is 3.94. The van der Waals surface area contributed by atoms with Gasteiger partial charge in [-0.25, -0.2) is 9.48 Å². The monoisotopic (exact) mass is 443 g/mol. The van der Waals surface area contributed by atoms with Crippen molar-refractivity contribution in [1.82, 2.24) is 14.7 Å². The van der Waals surface area contributed by atoms with Gasteiger partial charge in [-0.3, -0.25) is 4.79 Å². The third-order valence-electron chi connectivity index (χ3n) is 5.71. The molecule has 1 aliphatic heterocycles. The number of aromatic nitrogens is 2. The van der Waals surface area contributed by atoms with Crippen LogP contribution in [0.5, 0.6) is 0 Å². The lowest BCUT2D eigenvalue weighted by Gasteiger charge is -2.44. The van der Waals surface area contributed by atoms with Crippen molar-refractivity contribution < 1.29 is 19.1 Å². The van der Waals surface area contributed by atoms with E-state index in [0.29, 0.717) is 24.4 Å². The molecule has 2 aromatic rings.